The van der Waals surface area contributed by atoms with Crippen LogP contribution in [-0.2, 0) is 0 Å². The van der Waals surface area contributed by atoms with Gasteiger partial charge in [0.05, 0.1) is 0 Å². The second-order valence-corrected chi connectivity index (χ2v) is 5.26. The van der Waals surface area contributed by atoms with Crippen molar-refractivity contribution < 1.29 is 0 Å². The Bertz CT molecular complexity index is 137. The number of alkyl halides is 1. The molecule has 0 saturated heterocycles. The Balaban J connectivity index is 2.44. The summed E-state index contributed by atoms with van der Waals surface area (Å²) in [5, 5.41) is 0.426. The van der Waals surface area contributed by atoms with Crippen molar-refractivity contribution in [2.75, 3.05) is 6.54 Å². The van der Waals surface area contributed by atoms with E-state index >= 15 is 0 Å². The van der Waals surface area contributed by atoms with Gasteiger partial charge in [-0.15, -0.1) is 11.6 Å². The fraction of sp³-hybridized carbons (Fsp3) is 1.00. The monoisotopic (exact) mass is 189 g/mol. The average Bonchev–Trinajstić information content (AvgIpc) is 2.05. The van der Waals surface area contributed by atoms with Crippen LogP contribution in [0, 0.1) is 11.3 Å². The van der Waals surface area contributed by atoms with Gasteiger partial charge in [-0.2, -0.15) is 0 Å². The lowest BCUT2D eigenvalue weighted by molar-refractivity contribution is 0.168. The lowest BCUT2D eigenvalue weighted by Crippen LogP contribution is -2.34. The first-order chi connectivity index (χ1) is 5.56. The van der Waals surface area contributed by atoms with E-state index in [0.717, 1.165) is 12.5 Å². The molecule has 0 aliphatic heterocycles. The normalized spacial score (nSPS) is 32.0. The number of hydrogen-bond acceptors (Lipinski definition) is 1. The minimum Gasteiger partial charge on any atom is -0.330 e. The zero-order valence-electron chi connectivity index (χ0n) is 8.15. The van der Waals surface area contributed by atoms with Crippen molar-refractivity contribution >= 4 is 11.6 Å². The summed E-state index contributed by atoms with van der Waals surface area (Å²) in [5.74, 6) is 0.789. The molecule has 2 heteroatoms. The van der Waals surface area contributed by atoms with Gasteiger partial charge in [-0.05, 0) is 43.6 Å². The third-order valence-corrected chi connectivity index (χ3v) is 3.72. The lowest BCUT2D eigenvalue weighted by Gasteiger charge is -2.37. The molecule has 72 valence electrons. The van der Waals surface area contributed by atoms with Crippen molar-refractivity contribution in [2.24, 2.45) is 17.1 Å². The molecule has 1 saturated carbocycles. The van der Waals surface area contributed by atoms with Crippen molar-refractivity contribution in [1.82, 2.24) is 0 Å². The van der Waals surface area contributed by atoms with Crippen molar-refractivity contribution in [1.29, 1.82) is 0 Å². The molecule has 2 N–H and O–H groups in total. The van der Waals surface area contributed by atoms with Crippen LogP contribution >= 0.6 is 11.6 Å². The Morgan fingerprint density at radius 1 is 1.25 bits per heavy atom. The van der Waals surface area contributed by atoms with Crippen LogP contribution in [0.1, 0.15) is 39.5 Å². The molecule has 1 fully saturated rings. The van der Waals surface area contributed by atoms with Crippen LogP contribution in [0.4, 0.5) is 0 Å². The molecule has 0 atom stereocenters. The molecule has 0 radical (unpaired) electrons. The minimum absolute atomic E-state index is 0.316. The molecule has 1 nitrogen and oxygen atoms in total. The Kier molecular flexibility index (Phi) is 3.42. The van der Waals surface area contributed by atoms with Gasteiger partial charge in [-0.3, -0.25) is 0 Å². The van der Waals surface area contributed by atoms with Gasteiger partial charge < -0.3 is 5.73 Å². The van der Waals surface area contributed by atoms with Crippen LogP contribution in [0.25, 0.3) is 0 Å². The molecule has 0 amide bonds. The SMILES string of the molecule is CC(C)(CN)C1CCC(Cl)CC1. The molecule has 12 heavy (non-hydrogen) atoms. The largest absolute Gasteiger partial charge is 0.330 e. The first-order valence-corrected chi connectivity index (χ1v) is 5.34. The fourth-order valence-corrected chi connectivity index (χ4v) is 2.25. The quantitative estimate of drug-likeness (QED) is 0.665. The Morgan fingerprint density at radius 2 is 1.75 bits per heavy atom. The number of hydrogen-bond donors (Lipinski definition) is 1. The van der Waals surface area contributed by atoms with E-state index in [2.05, 4.69) is 13.8 Å². The van der Waals surface area contributed by atoms with E-state index in [9.17, 15) is 0 Å². The minimum atomic E-state index is 0.316. The molecule has 0 bridgehead atoms. The van der Waals surface area contributed by atoms with Crippen LogP contribution in [0.2, 0.25) is 0 Å². The third-order valence-electron chi connectivity index (χ3n) is 3.29. The zero-order valence-corrected chi connectivity index (χ0v) is 8.90. The van der Waals surface area contributed by atoms with Crippen LogP contribution < -0.4 is 5.73 Å². The van der Waals surface area contributed by atoms with Gasteiger partial charge in [0, 0.05) is 5.38 Å². The molecule has 0 unspecified atom stereocenters. The van der Waals surface area contributed by atoms with Crippen LogP contribution in [0.15, 0.2) is 0 Å². The maximum absolute atomic E-state index is 6.04. The molecule has 1 aliphatic rings. The van der Waals surface area contributed by atoms with E-state index in [-0.39, 0.29) is 0 Å². The summed E-state index contributed by atoms with van der Waals surface area (Å²) in [6.07, 6.45) is 4.88. The van der Waals surface area contributed by atoms with E-state index in [1.54, 1.807) is 0 Å². The van der Waals surface area contributed by atoms with E-state index in [1.807, 2.05) is 0 Å². The number of halogens is 1. The second-order valence-electron chi connectivity index (χ2n) is 4.64. The molecular formula is C10H20ClN. The van der Waals surface area contributed by atoms with Gasteiger partial charge >= 0.3 is 0 Å². The summed E-state index contributed by atoms with van der Waals surface area (Å²) in [6.45, 7) is 5.34. The van der Waals surface area contributed by atoms with Gasteiger partial charge in [0.15, 0.2) is 0 Å². The summed E-state index contributed by atoms with van der Waals surface area (Å²) in [4.78, 5) is 0. The second kappa shape index (κ2) is 3.97. The van der Waals surface area contributed by atoms with Gasteiger partial charge in [0.2, 0.25) is 0 Å². The Morgan fingerprint density at radius 3 is 2.17 bits per heavy atom. The summed E-state index contributed by atoms with van der Waals surface area (Å²) in [5.41, 5.74) is 6.06. The molecule has 0 aromatic carbocycles. The van der Waals surface area contributed by atoms with E-state index in [1.165, 1.54) is 25.7 Å². The highest BCUT2D eigenvalue weighted by molar-refractivity contribution is 6.20. The summed E-state index contributed by atoms with van der Waals surface area (Å²) in [6, 6.07) is 0. The summed E-state index contributed by atoms with van der Waals surface area (Å²) >= 11 is 6.04. The maximum atomic E-state index is 6.04. The van der Waals surface area contributed by atoms with Crippen LogP contribution in [0.3, 0.4) is 0 Å². The van der Waals surface area contributed by atoms with Crippen molar-refractivity contribution in [3.63, 3.8) is 0 Å². The Labute approximate surface area is 80.7 Å². The predicted octanol–water partition coefficient (Wildman–Crippen LogP) is 2.77. The van der Waals surface area contributed by atoms with E-state index in [4.69, 9.17) is 17.3 Å². The van der Waals surface area contributed by atoms with Gasteiger partial charge in [-0.25, -0.2) is 0 Å². The topological polar surface area (TPSA) is 26.0 Å². The molecule has 1 aliphatic carbocycles. The van der Waals surface area contributed by atoms with Crippen molar-refractivity contribution in [3.05, 3.63) is 0 Å². The zero-order chi connectivity index (χ0) is 9.19. The van der Waals surface area contributed by atoms with Crippen LogP contribution in [-0.4, -0.2) is 11.9 Å². The molecule has 0 heterocycles. The maximum Gasteiger partial charge on any atom is 0.0336 e. The average molecular weight is 190 g/mol. The highest BCUT2D eigenvalue weighted by Crippen LogP contribution is 2.38. The van der Waals surface area contributed by atoms with Gasteiger partial charge in [-0.1, -0.05) is 13.8 Å². The number of nitrogens with two attached hydrogens (primary N) is 1. The number of rotatable bonds is 2. The van der Waals surface area contributed by atoms with Gasteiger partial charge in [0.1, 0.15) is 0 Å². The summed E-state index contributed by atoms with van der Waals surface area (Å²) < 4.78 is 0. The molecule has 0 spiro atoms. The fourth-order valence-electron chi connectivity index (χ4n) is 2.00. The van der Waals surface area contributed by atoms with E-state index in [0.29, 0.717) is 10.8 Å². The van der Waals surface area contributed by atoms with Crippen molar-refractivity contribution in [2.45, 2.75) is 44.9 Å². The first-order valence-electron chi connectivity index (χ1n) is 4.90. The predicted molar refractivity (Wildman–Crippen MR) is 54.4 cm³/mol. The van der Waals surface area contributed by atoms with Crippen LogP contribution in [0.5, 0.6) is 0 Å². The van der Waals surface area contributed by atoms with Crippen molar-refractivity contribution in [3.8, 4) is 0 Å². The molecule has 0 aromatic heterocycles. The smallest absolute Gasteiger partial charge is 0.0336 e. The Hall–Kier alpha value is 0.250. The lowest BCUT2D eigenvalue weighted by atomic mass is 9.71. The highest BCUT2D eigenvalue weighted by atomic mass is 35.5. The molecular weight excluding hydrogens is 170 g/mol. The van der Waals surface area contributed by atoms with E-state index < -0.39 is 0 Å². The summed E-state index contributed by atoms with van der Waals surface area (Å²) in [7, 11) is 0. The molecule has 1 rings (SSSR count). The van der Waals surface area contributed by atoms with Gasteiger partial charge in [0.25, 0.3) is 0 Å². The first kappa shape index (κ1) is 10.3. The highest BCUT2D eigenvalue weighted by Gasteiger charge is 2.31. The standard InChI is InChI=1S/C10H20ClN/c1-10(2,7-12)8-3-5-9(11)6-4-8/h8-9H,3-7,12H2,1-2H3. The third kappa shape index (κ3) is 2.37. The molecule has 0 aromatic rings.